The third-order valence-corrected chi connectivity index (χ3v) is 7.77. The molecule has 1 unspecified atom stereocenters. The number of aromatic nitrogens is 2. The molecular formula is C33H29Cl2N2O3S+. The third-order valence-electron chi connectivity index (χ3n) is 6.35. The molecule has 0 saturated carbocycles. The first-order valence-electron chi connectivity index (χ1n) is 12.7. The number of halogens is 2. The van der Waals surface area contributed by atoms with Crippen LogP contribution in [-0.2, 0) is 21.6 Å². The SMILES string of the molecule is C=C(Cl)/C=C(Cl)\C(=C/C)c1cn(Cc2ccc(C(=O)O)cc2)c(/C=C/c2ccc(-c3cccc([SH+](C)=O)c3)cc2)n1. The smallest absolute Gasteiger partial charge is 0.335 e. The Hall–Kier alpha value is -3.97. The summed E-state index contributed by atoms with van der Waals surface area (Å²) in [6, 6.07) is 22.6. The maximum atomic E-state index is 11.9. The number of thiol groups is 1. The summed E-state index contributed by atoms with van der Waals surface area (Å²) < 4.78 is 13.9. The lowest BCUT2D eigenvalue weighted by molar-refractivity contribution is 0.0697. The van der Waals surface area contributed by atoms with E-state index in [2.05, 4.69) is 6.58 Å². The highest BCUT2D eigenvalue weighted by Crippen LogP contribution is 2.28. The van der Waals surface area contributed by atoms with Crippen molar-refractivity contribution >= 4 is 57.7 Å². The second-order valence-electron chi connectivity index (χ2n) is 9.26. The molecule has 5 nitrogen and oxygen atoms in total. The fourth-order valence-corrected chi connectivity index (χ4v) is 5.35. The summed E-state index contributed by atoms with van der Waals surface area (Å²) in [5.74, 6) is -0.274. The molecular weight excluding hydrogens is 575 g/mol. The Morgan fingerprint density at radius 3 is 2.34 bits per heavy atom. The number of hydrogen-bond acceptors (Lipinski definition) is 3. The highest BCUT2D eigenvalue weighted by molar-refractivity contribution is 7.84. The van der Waals surface area contributed by atoms with E-state index in [0.29, 0.717) is 33.7 Å². The van der Waals surface area contributed by atoms with Crippen LogP contribution in [0.15, 0.2) is 113 Å². The van der Waals surface area contributed by atoms with Gasteiger partial charge in [-0.2, -0.15) is 0 Å². The molecule has 0 fully saturated rings. The lowest BCUT2D eigenvalue weighted by atomic mass is 10.0. The van der Waals surface area contributed by atoms with Crippen LogP contribution in [0.4, 0.5) is 0 Å². The first-order chi connectivity index (χ1) is 19.6. The van der Waals surface area contributed by atoms with Gasteiger partial charge >= 0.3 is 5.97 Å². The van der Waals surface area contributed by atoms with Gasteiger partial charge < -0.3 is 9.67 Å². The number of nitrogens with zero attached hydrogens (tertiary/aromatic N) is 2. The van der Waals surface area contributed by atoms with Crippen LogP contribution in [0.1, 0.15) is 39.9 Å². The number of hydrogen-bond donors (Lipinski definition) is 1. The summed E-state index contributed by atoms with van der Waals surface area (Å²) in [5, 5.41) is 9.97. The first kappa shape index (κ1) is 30.0. The average Bonchev–Trinajstić information content (AvgIpc) is 3.34. The van der Waals surface area contributed by atoms with Gasteiger partial charge in [0.1, 0.15) is 22.9 Å². The zero-order chi connectivity index (χ0) is 29.5. The van der Waals surface area contributed by atoms with Crippen molar-refractivity contribution in [2.45, 2.75) is 18.4 Å². The fraction of sp³-hybridized carbons (Fsp3) is 0.0909. The van der Waals surface area contributed by atoms with Crippen LogP contribution in [0.5, 0.6) is 0 Å². The Labute approximate surface area is 252 Å². The fourth-order valence-electron chi connectivity index (χ4n) is 4.23. The zero-order valence-electron chi connectivity index (χ0n) is 22.6. The van der Waals surface area contributed by atoms with Crippen LogP contribution in [0, 0.1) is 0 Å². The van der Waals surface area contributed by atoms with Gasteiger partial charge in [0.2, 0.25) is 0 Å². The minimum absolute atomic E-state index is 0.230. The van der Waals surface area contributed by atoms with Crippen LogP contribution in [0.25, 0.3) is 28.9 Å². The molecule has 1 N–H and O–H groups in total. The van der Waals surface area contributed by atoms with E-state index in [4.69, 9.17) is 28.2 Å². The number of rotatable bonds is 10. The Morgan fingerprint density at radius 2 is 1.73 bits per heavy atom. The molecule has 3 aromatic carbocycles. The number of carboxylic acids is 1. The molecule has 0 spiro atoms. The molecule has 41 heavy (non-hydrogen) atoms. The van der Waals surface area contributed by atoms with Crippen molar-refractivity contribution in [2.75, 3.05) is 6.26 Å². The van der Waals surface area contributed by atoms with Gasteiger partial charge in [0, 0.05) is 29.4 Å². The summed E-state index contributed by atoms with van der Waals surface area (Å²) in [5.41, 5.74) is 5.56. The van der Waals surface area contributed by atoms with Crippen molar-refractivity contribution in [1.82, 2.24) is 9.55 Å². The van der Waals surface area contributed by atoms with E-state index in [0.717, 1.165) is 27.1 Å². The maximum Gasteiger partial charge on any atom is 0.335 e. The number of carbonyl (C=O) groups is 1. The number of benzene rings is 3. The lowest BCUT2D eigenvalue weighted by Crippen LogP contribution is -2.02. The molecule has 0 aliphatic carbocycles. The summed E-state index contributed by atoms with van der Waals surface area (Å²) in [6.07, 6.45) is 11.0. The molecule has 0 radical (unpaired) electrons. The molecule has 4 aromatic rings. The predicted octanol–water partition coefficient (Wildman–Crippen LogP) is 8.43. The largest absolute Gasteiger partial charge is 0.478 e. The van der Waals surface area contributed by atoms with Gasteiger partial charge in [-0.05, 0) is 59.5 Å². The maximum absolute atomic E-state index is 11.9. The molecule has 0 bridgehead atoms. The topological polar surface area (TPSA) is 72.2 Å². The molecule has 1 atom stereocenters. The van der Waals surface area contributed by atoms with Crippen molar-refractivity contribution in [1.29, 1.82) is 0 Å². The van der Waals surface area contributed by atoms with Gasteiger partial charge in [-0.1, -0.05) is 90.5 Å². The van der Waals surface area contributed by atoms with E-state index >= 15 is 0 Å². The highest BCUT2D eigenvalue weighted by atomic mass is 35.5. The lowest BCUT2D eigenvalue weighted by Gasteiger charge is -2.06. The molecule has 0 aliphatic rings. The van der Waals surface area contributed by atoms with Crippen LogP contribution in [0.2, 0.25) is 0 Å². The normalized spacial score (nSPS) is 13.0. The average molecular weight is 605 g/mol. The quantitative estimate of drug-likeness (QED) is 0.112. The Morgan fingerprint density at radius 1 is 1.02 bits per heavy atom. The van der Waals surface area contributed by atoms with Gasteiger partial charge in [0.25, 0.3) is 0 Å². The van der Waals surface area contributed by atoms with Crippen molar-refractivity contribution in [3.05, 3.63) is 136 Å². The molecule has 0 aliphatic heterocycles. The van der Waals surface area contributed by atoms with Gasteiger partial charge in [-0.25, -0.2) is 9.78 Å². The summed E-state index contributed by atoms with van der Waals surface area (Å²) in [7, 11) is -1.40. The molecule has 8 heteroatoms. The molecule has 208 valence electrons. The standard InChI is InChI=1S/C33H28Cl2N2O3S/c1-4-29(30(35)18-22(2)34)31-21-37(20-24-10-15-26(16-11-24)33(38)39)32(36-31)17-12-23-8-13-25(14-9-23)27-6-5-7-28(19-27)41(3)40/h4-19,21H,2,20H2,1,3H3,(H,38,39)/p+1/b17-12+,29-4+,30-18+. The predicted molar refractivity (Wildman–Crippen MR) is 172 cm³/mol. The van der Waals surface area contributed by atoms with E-state index in [9.17, 15) is 14.1 Å². The highest BCUT2D eigenvalue weighted by Gasteiger charge is 2.14. The zero-order valence-corrected chi connectivity index (χ0v) is 25.0. The van der Waals surface area contributed by atoms with Gasteiger partial charge in [0.15, 0.2) is 4.90 Å². The van der Waals surface area contributed by atoms with Crippen LogP contribution in [0.3, 0.4) is 0 Å². The second kappa shape index (κ2) is 13.6. The molecule has 1 heterocycles. The van der Waals surface area contributed by atoms with Crippen molar-refractivity contribution < 1.29 is 14.1 Å². The molecule has 4 rings (SSSR count). The molecule has 1 aromatic heterocycles. The third kappa shape index (κ3) is 7.82. The monoisotopic (exact) mass is 603 g/mol. The van der Waals surface area contributed by atoms with E-state index in [1.165, 1.54) is 0 Å². The van der Waals surface area contributed by atoms with Crippen molar-refractivity contribution in [3.63, 3.8) is 0 Å². The van der Waals surface area contributed by atoms with E-state index in [1.807, 2.05) is 84.4 Å². The number of imidazole rings is 1. The Balaban J connectivity index is 1.66. The molecule has 0 saturated heterocycles. The Bertz CT molecular complexity index is 1700. The van der Waals surface area contributed by atoms with Crippen molar-refractivity contribution in [2.24, 2.45) is 0 Å². The molecule has 0 amide bonds. The van der Waals surface area contributed by atoms with Gasteiger partial charge in [0.05, 0.1) is 16.3 Å². The summed E-state index contributed by atoms with van der Waals surface area (Å²) in [4.78, 5) is 16.9. The second-order valence-corrected chi connectivity index (χ2v) is 11.7. The summed E-state index contributed by atoms with van der Waals surface area (Å²) >= 11 is 12.5. The minimum Gasteiger partial charge on any atom is -0.478 e. The van der Waals surface area contributed by atoms with E-state index < -0.39 is 16.8 Å². The van der Waals surface area contributed by atoms with Gasteiger partial charge in [-0.3, -0.25) is 0 Å². The van der Waals surface area contributed by atoms with Crippen LogP contribution >= 0.6 is 23.2 Å². The number of allylic oxidation sites excluding steroid dienone is 5. The van der Waals surface area contributed by atoms with Crippen LogP contribution < -0.4 is 0 Å². The number of carboxylic acid groups (broad SMARTS) is 1. The van der Waals surface area contributed by atoms with E-state index in [1.54, 1.807) is 36.6 Å². The first-order valence-corrected chi connectivity index (χ1v) is 15.2. The Kier molecular flexibility index (Phi) is 9.95. The van der Waals surface area contributed by atoms with E-state index in [-0.39, 0.29) is 5.56 Å². The minimum atomic E-state index is -1.40. The summed E-state index contributed by atoms with van der Waals surface area (Å²) in [6.45, 7) is 6.04. The van der Waals surface area contributed by atoms with Crippen molar-refractivity contribution in [3.8, 4) is 11.1 Å². The van der Waals surface area contributed by atoms with Gasteiger partial charge in [-0.15, -0.1) is 4.21 Å². The van der Waals surface area contributed by atoms with Crippen LogP contribution in [-0.4, -0.2) is 26.9 Å². The number of aromatic carboxylic acids is 1.